The Balaban J connectivity index is 1.38. The molecule has 1 aliphatic carbocycles. The number of nitrogens with zero attached hydrogens (tertiary/aromatic N) is 2. The number of hydrogen-bond donors (Lipinski definition) is 1. The van der Waals surface area contributed by atoms with Crippen LogP contribution in [0.4, 0.5) is 4.79 Å². The van der Waals surface area contributed by atoms with Crippen LogP contribution in [0.3, 0.4) is 0 Å². The fourth-order valence-electron chi connectivity index (χ4n) is 3.51. The number of amides is 1. The smallest absolute Gasteiger partial charge is 0.409 e. The van der Waals surface area contributed by atoms with Crippen molar-refractivity contribution < 1.29 is 19.4 Å². The number of β-amino-alcohol motifs (C(OH)–C–C–N with tert-alkyl or cyclic N) is 1. The summed E-state index contributed by atoms with van der Waals surface area (Å²) in [6, 6.07) is 6.24. The summed E-state index contributed by atoms with van der Waals surface area (Å²) in [5.74, 6) is 0.840. The highest BCUT2D eigenvalue weighted by Gasteiger charge is 2.23. The van der Waals surface area contributed by atoms with Crippen LogP contribution in [0.2, 0.25) is 0 Å². The number of carbonyl (C=O) groups is 1. The van der Waals surface area contributed by atoms with Crippen molar-refractivity contribution >= 4 is 6.09 Å². The van der Waals surface area contributed by atoms with Gasteiger partial charge in [0.25, 0.3) is 0 Å². The zero-order chi connectivity index (χ0) is 17.6. The number of hydrogen-bond acceptors (Lipinski definition) is 5. The van der Waals surface area contributed by atoms with E-state index in [0.717, 1.165) is 31.7 Å². The molecule has 1 heterocycles. The highest BCUT2D eigenvalue weighted by molar-refractivity contribution is 5.67. The zero-order valence-corrected chi connectivity index (χ0v) is 14.9. The highest BCUT2D eigenvalue weighted by atomic mass is 16.6. The van der Waals surface area contributed by atoms with Crippen LogP contribution < -0.4 is 4.74 Å². The van der Waals surface area contributed by atoms with E-state index in [9.17, 15) is 9.90 Å². The van der Waals surface area contributed by atoms with Gasteiger partial charge in [0.15, 0.2) is 0 Å². The molecule has 0 radical (unpaired) electrons. The molecule has 1 fully saturated rings. The minimum Gasteiger partial charge on any atom is -0.491 e. The van der Waals surface area contributed by atoms with Gasteiger partial charge in [0, 0.05) is 32.7 Å². The summed E-state index contributed by atoms with van der Waals surface area (Å²) >= 11 is 0. The molecule has 1 aliphatic heterocycles. The van der Waals surface area contributed by atoms with E-state index in [4.69, 9.17) is 9.47 Å². The fraction of sp³-hybridized carbons (Fsp3) is 0.632. The molecule has 0 unspecified atom stereocenters. The standard InChI is InChI=1S/C19H28N2O4/c1-2-24-19(23)21-10-8-20(9-11-21)13-17(22)14-25-18-7-6-15-4-3-5-16(15)12-18/h6-7,12,17,22H,2-5,8-11,13-14H2,1H3/t17-/m0/s1. The van der Waals surface area contributed by atoms with Crippen LogP contribution in [0.1, 0.15) is 24.5 Å². The molecule has 3 rings (SSSR count). The number of benzene rings is 1. The molecule has 6 heteroatoms. The molecule has 1 aromatic carbocycles. The van der Waals surface area contributed by atoms with Gasteiger partial charge in [0.2, 0.25) is 0 Å². The van der Waals surface area contributed by atoms with Crippen molar-refractivity contribution in [3.63, 3.8) is 0 Å². The maximum absolute atomic E-state index is 11.7. The number of carbonyl (C=O) groups excluding carboxylic acids is 1. The van der Waals surface area contributed by atoms with Crippen molar-refractivity contribution in [2.75, 3.05) is 45.9 Å². The van der Waals surface area contributed by atoms with Gasteiger partial charge in [-0.15, -0.1) is 0 Å². The number of aryl methyl sites for hydroxylation is 2. The molecule has 0 saturated carbocycles. The normalized spacial score (nSPS) is 18.7. The van der Waals surface area contributed by atoms with E-state index in [1.807, 2.05) is 13.0 Å². The second kappa shape index (κ2) is 8.54. The molecule has 25 heavy (non-hydrogen) atoms. The van der Waals surface area contributed by atoms with Gasteiger partial charge in [-0.25, -0.2) is 4.79 Å². The lowest BCUT2D eigenvalue weighted by Crippen LogP contribution is -2.51. The molecule has 1 saturated heterocycles. The molecule has 1 amide bonds. The van der Waals surface area contributed by atoms with E-state index in [1.54, 1.807) is 4.90 Å². The molecule has 1 aromatic rings. The first-order valence-electron chi connectivity index (χ1n) is 9.22. The maximum atomic E-state index is 11.7. The number of aliphatic hydroxyl groups is 1. The second-order valence-electron chi connectivity index (χ2n) is 6.74. The summed E-state index contributed by atoms with van der Waals surface area (Å²) < 4.78 is 10.8. The van der Waals surface area contributed by atoms with Crippen LogP contribution in [0.5, 0.6) is 5.75 Å². The minimum absolute atomic E-state index is 0.248. The van der Waals surface area contributed by atoms with Gasteiger partial charge in [0.05, 0.1) is 6.61 Å². The van der Waals surface area contributed by atoms with E-state index in [1.165, 1.54) is 17.5 Å². The van der Waals surface area contributed by atoms with E-state index in [2.05, 4.69) is 17.0 Å². The van der Waals surface area contributed by atoms with Crippen molar-refractivity contribution in [2.24, 2.45) is 0 Å². The molecule has 1 N–H and O–H groups in total. The largest absolute Gasteiger partial charge is 0.491 e. The van der Waals surface area contributed by atoms with Gasteiger partial charge in [-0.1, -0.05) is 6.07 Å². The molecule has 2 aliphatic rings. The molecular formula is C19H28N2O4. The van der Waals surface area contributed by atoms with Crippen LogP contribution in [0.25, 0.3) is 0 Å². The van der Waals surface area contributed by atoms with Crippen molar-refractivity contribution in [2.45, 2.75) is 32.3 Å². The lowest BCUT2D eigenvalue weighted by molar-refractivity contribution is 0.0407. The first kappa shape index (κ1) is 18.0. The topological polar surface area (TPSA) is 62.2 Å². The first-order chi connectivity index (χ1) is 12.2. The number of rotatable bonds is 6. The van der Waals surface area contributed by atoms with Crippen molar-refractivity contribution in [1.29, 1.82) is 0 Å². The zero-order valence-electron chi connectivity index (χ0n) is 14.9. The van der Waals surface area contributed by atoms with Gasteiger partial charge in [-0.3, -0.25) is 4.90 Å². The van der Waals surface area contributed by atoms with Gasteiger partial charge < -0.3 is 19.5 Å². The van der Waals surface area contributed by atoms with Crippen LogP contribution in [0, 0.1) is 0 Å². The lowest BCUT2D eigenvalue weighted by atomic mass is 10.1. The molecule has 6 nitrogen and oxygen atoms in total. The van der Waals surface area contributed by atoms with Crippen molar-refractivity contribution in [1.82, 2.24) is 9.80 Å². The average Bonchev–Trinajstić information content (AvgIpc) is 3.08. The molecule has 0 aromatic heterocycles. The number of aliphatic hydroxyl groups excluding tert-OH is 1. The Hall–Kier alpha value is -1.79. The molecule has 1 atom stereocenters. The number of piperazine rings is 1. The SMILES string of the molecule is CCOC(=O)N1CCN(C[C@H](O)COc2ccc3c(c2)CCC3)CC1. The maximum Gasteiger partial charge on any atom is 0.409 e. The third-order valence-electron chi connectivity index (χ3n) is 4.88. The van der Waals surface area contributed by atoms with Crippen LogP contribution in [-0.4, -0.2) is 73.0 Å². The van der Waals surface area contributed by atoms with Gasteiger partial charge >= 0.3 is 6.09 Å². The monoisotopic (exact) mass is 348 g/mol. The Morgan fingerprint density at radius 1 is 1.20 bits per heavy atom. The predicted octanol–water partition coefficient (Wildman–Crippen LogP) is 1.69. The van der Waals surface area contributed by atoms with Gasteiger partial charge in [-0.05, 0) is 49.4 Å². The first-order valence-corrected chi connectivity index (χ1v) is 9.22. The Bertz CT molecular complexity index is 585. The molecular weight excluding hydrogens is 320 g/mol. The van der Waals surface area contributed by atoms with E-state index >= 15 is 0 Å². The van der Waals surface area contributed by atoms with E-state index in [-0.39, 0.29) is 12.7 Å². The number of fused-ring (bicyclic) bond motifs is 1. The highest BCUT2D eigenvalue weighted by Crippen LogP contribution is 2.26. The fourth-order valence-corrected chi connectivity index (χ4v) is 3.51. The Morgan fingerprint density at radius 3 is 2.72 bits per heavy atom. The summed E-state index contributed by atoms with van der Waals surface area (Å²) in [5.41, 5.74) is 2.80. The lowest BCUT2D eigenvalue weighted by Gasteiger charge is -2.34. The molecule has 0 bridgehead atoms. The Morgan fingerprint density at radius 2 is 1.96 bits per heavy atom. The summed E-state index contributed by atoms with van der Waals surface area (Å²) in [5, 5.41) is 10.2. The third kappa shape index (κ3) is 4.86. The predicted molar refractivity (Wildman–Crippen MR) is 95.0 cm³/mol. The Labute approximate surface area is 149 Å². The van der Waals surface area contributed by atoms with E-state index in [0.29, 0.717) is 26.2 Å². The second-order valence-corrected chi connectivity index (χ2v) is 6.74. The number of ether oxygens (including phenoxy) is 2. The summed E-state index contributed by atoms with van der Waals surface area (Å²) in [4.78, 5) is 15.6. The van der Waals surface area contributed by atoms with Crippen LogP contribution in [0.15, 0.2) is 18.2 Å². The minimum atomic E-state index is -0.539. The Kier molecular flexibility index (Phi) is 6.15. The van der Waals surface area contributed by atoms with Gasteiger partial charge in [-0.2, -0.15) is 0 Å². The molecule has 0 spiro atoms. The van der Waals surface area contributed by atoms with Crippen LogP contribution in [-0.2, 0) is 17.6 Å². The summed E-state index contributed by atoms with van der Waals surface area (Å²) in [6.07, 6.45) is 2.72. The average molecular weight is 348 g/mol. The third-order valence-corrected chi connectivity index (χ3v) is 4.88. The van der Waals surface area contributed by atoms with Crippen molar-refractivity contribution in [3.05, 3.63) is 29.3 Å². The summed E-state index contributed by atoms with van der Waals surface area (Å²) in [7, 11) is 0. The quantitative estimate of drug-likeness (QED) is 0.848. The summed E-state index contributed by atoms with van der Waals surface area (Å²) in [6.45, 7) is 5.82. The van der Waals surface area contributed by atoms with Crippen LogP contribution >= 0.6 is 0 Å². The van der Waals surface area contributed by atoms with Crippen molar-refractivity contribution in [3.8, 4) is 5.75 Å². The van der Waals surface area contributed by atoms with E-state index < -0.39 is 6.10 Å². The molecule has 138 valence electrons. The van der Waals surface area contributed by atoms with Gasteiger partial charge in [0.1, 0.15) is 18.5 Å².